The van der Waals surface area contributed by atoms with Gasteiger partial charge in [0.2, 0.25) is 0 Å². The van der Waals surface area contributed by atoms with Crippen molar-refractivity contribution in [2.24, 2.45) is 0 Å². The van der Waals surface area contributed by atoms with Gasteiger partial charge in [-0.3, -0.25) is 4.18 Å². The summed E-state index contributed by atoms with van der Waals surface area (Å²) in [4.78, 5) is 0. The first kappa shape index (κ1) is 12.8. The second-order valence-corrected chi connectivity index (χ2v) is 5.52. The Morgan fingerprint density at radius 3 is 2.94 bits per heavy atom. The van der Waals surface area contributed by atoms with Crippen LogP contribution in [0.2, 0.25) is 0 Å². The predicted octanol–water partition coefficient (Wildman–Crippen LogP) is 1.11. The van der Waals surface area contributed by atoms with Gasteiger partial charge in [0, 0.05) is 12.0 Å². The van der Waals surface area contributed by atoms with E-state index in [4.69, 9.17) is 10.00 Å². The second kappa shape index (κ2) is 4.55. The van der Waals surface area contributed by atoms with Crippen LogP contribution in [0.25, 0.3) is 0 Å². The maximum atomic E-state index is 13.6. The largest absolute Gasteiger partial charge is 0.491 e. The maximum Gasteiger partial charge on any atom is 0.271 e. The van der Waals surface area contributed by atoms with E-state index in [-0.39, 0.29) is 16.9 Å². The zero-order chi connectivity index (χ0) is 13.3. The lowest BCUT2D eigenvalue weighted by atomic mass is 10.0. The molecule has 0 saturated heterocycles. The predicted molar refractivity (Wildman–Crippen MR) is 59.9 cm³/mol. The van der Waals surface area contributed by atoms with E-state index in [0.717, 1.165) is 13.2 Å². The molecule has 0 aliphatic carbocycles. The average molecular weight is 271 g/mol. The fourth-order valence-corrected chi connectivity index (χ4v) is 2.64. The topological polar surface area (TPSA) is 76.4 Å². The lowest BCUT2D eigenvalue weighted by Crippen LogP contribution is -2.08. The smallest absolute Gasteiger partial charge is 0.271 e. The zero-order valence-electron chi connectivity index (χ0n) is 9.57. The van der Waals surface area contributed by atoms with E-state index in [1.807, 2.05) is 0 Å². The number of halogens is 1. The molecule has 1 aromatic rings. The van der Waals surface area contributed by atoms with E-state index in [0.29, 0.717) is 18.6 Å². The lowest BCUT2D eigenvalue weighted by Gasteiger charge is -2.09. The number of fused-ring (bicyclic) bond motifs is 1. The van der Waals surface area contributed by atoms with Crippen LogP contribution >= 0.6 is 0 Å². The Kier molecular flexibility index (Phi) is 3.24. The fraction of sp³-hybridized carbons (Fsp3) is 0.364. The normalized spacial score (nSPS) is 13.8. The van der Waals surface area contributed by atoms with Crippen molar-refractivity contribution >= 4 is 10.1 Å². The highest BCUT2D eigenvalue weighted by Gasteiger charge is 2.26. The summed E-state index contributed by atoms with van der Waals surface area (Å²) in [5.74, 6) is -1.06. The minimum atomic E-state index is -3.74. The Labute approximate surface area is 104 Å². The van der Waals surface area contributed by atoms with Crippen molar-refractivity contribution in [3.05, 3.63) is 28.6 Å². The molecule has 18 heavy (non-hydrogen) atoms. The molecule has 0 bridgehead atoms. The molecule has 1 aliphatic heterocycles. The molecule has 0 N–H and O–H groups in total. The highest BCUT2D eigenvalue weighted by Crippen LogP contribution is 2.34. The van der Waals surface area contributed by atoms with E-state index in [1.165, 1.54) is 0 Å². The molecule has 0 spiro atoms. The molecule has 0 atom stereocenters. The summed E-state index contributed by atoms with van der Waals surface area (Å²) < 4.78 is 45.9. The van der Waals surface area contributed by atoms with E-state index in [9.17, 15) is 12.8 Å². The number of hydrogen-bond donors (Lipinski definition) is 0. The molecular formula is C11H10FNO4S. The second-order valence-electron chi connectivity index (χ2n) is 3.78. The van der Waals surface area contributed by atoms with E-state index in [1.54, 1.807) is 6.07 Å². The van der Waals surface area contributed by atoms with Gasteiger partial charge in [-0.25, -0.2) is 4.39 Å². The minimum Gasteiger partial charge on any atom is -0.491 e. The van der Waals surface area contributed by atoms with E-state index in [2.05, 4.69) is 4.18 Å². The third-order valence-corrected chi connectivity index (χ3v) is 3.90. The number of nitrogens with zero attached hydrogens (tertiary/aromatic N) is 1. The van der Waals surface area contributed by atoms with Gasteiger partial charge in [0.15, 0.2) is 0 Å². The molecule has 5 nitrogen and oxygen atoms in total. The summed E-state index contributed by atoms with van der Waals surface area (Å²) in [7, 11) is -2.69. The van der Waals surface area contributed by atoms with Crippen molar-refractivity contribution in [2.45, 2.75) is 12.2 Å². The highest BCUT2D eigenvalue weighted by molar-refractivity contribution is 7.85. The Hall–Kier alpha value is -1.65. The summed E-state index contributed by atoms with van der Waals surface area (Å²) in [6.45, 7) is 0.313. The third kappa shape index (κ3) is 2.17. The Balaban J connectivity index is 2.55. The molecule has 0 saturated carbocycles. The zero-order valence-corrected chi connectivity index (χ0v) is 10.4. The van der Waals surface area contributed by atoms with Gasteiger partial charge < -0.3 is 4.74 Å². The van der Waals surface area contributed by atoms with Crippen LogP contribution in [0.1, 0.15) is 16.7 Å². The monoisotopic (exact) mass is 271 g/mol. The molecule has 0 aromatic heterocycles. The van der Waals surface area contributed by atoms with Crippen LogP contribution < -0.4 is 4.74 Å². The van der Waals surface area contributed by atoms with Crippen molar-refractivity contribution in [1.82, 2.24) is 0 Å². The molecule has 0 radical (unpaired) electrons. The van der Waals surface area contributed by atoms with Gasteiger partial charge in [0.1, 0.15) is 29.0 Å². The van der Waals surface area contributed by atoms with Crippen molar-refractivity contribution < 1.29 is 21.7 Å². The Morgan fingerprint density at radius 2 is 2.33 bits per heavy atom. The molecule has 0 amide bonds. The molecular weight excluding hydrogens is 261 g/mol. The fourth-order valence-electron chi connectivity index (χ4n) is 1.89. The van der Waals surface area contributed by atoms with Crippen molar-refractivity contribution in [1.29, 1.82) is 5.26 Å². The van der Waals surface area contributed by atoms with Crippen molar-refractivity contribution in [2.75, 3.05) is 13.7 Å². The molecule has 0 unspecified atom stereocenters. The first-order chi connectivity index (χ1) is 8.48. The van der Waals surface area contributed by atoms with Gasteiger partial charge in [-0.15, -0.1) is 0 Å². The first-order valence-corrected chi connectivity index (χ1v) is 6.71. The molecule has 7 heteroatoms. The quantitative estimate of drug-likeness (QED) is 0.770. The standard InChI is InChI=1S/C11H10FNO4S/c1-16-18(14,15)6-7-4-10(12)9(5-13)11-8(7)2-3-17-11/h4H,2-3,6H2,1H3. The highest BCUT2D eigenvalue weighted by atomic mass is 32.2. The molecule has 1 aromatic carbocycles. The summed E-state index contributed by atoms with van der Waals surface area (Å²) in [6, 6.07) is 2.78. The number of ether oxygens (including phenoxy) is 1. The Morgan fingerprint density at radius 1 is 1.61 bits per heavy atom. The SMILES string of the molecule is COS(=O)(=O)Cc1cc(F)c(C#N)c2c1CCO2. The third-order valence-electron chi connectivity index (χ3n) is 2.73. The molecule has 1 aliphatic rings. The molecule has 0 fully saturated rings. The van der Waals surface area contributed by atoms with Crippen LogP contribution in [0.4, 0.5) is 4.39 Å². The van der Waals surface area contributed by atoms with Crippen LogP contribution in [0.15, 0.2) is 6.07 Å². The summed E-state index contributed by atoms with van der Waals surface area (Å²) in [5.41, 5.74) is 0.662. The van der Waals surface area contributed by atoms with Gasteiger partial charge >= 0.3 is 0 Å². The molecule has 2 rings (SSSR count). The van der Waals surface area contributed by atoms with Gasteiger partial charge in [0.25, 0.3) is 10.1 Å². The van der Waals surface area contributed by atoms with Crippen LogP contribution in [-0.2, 0) is 26.5 Å². The van der Waals surface area contributed by atoms with Crippen LogP contribution in [0.3, 0.4) is 0 Å². The first-order valence-electron chi connectivity index (χ1n) is 5.14. The number of hydrogen-bond acceptors (Lipinski definition) is 5. The molecule has 1 heterocycles. The summed E-state index contributed by atoms with van der Waals surface area (Å²) in [6.07, 6.45) is 0.457. The lowest BCUT2D eigenvalue weighted by molar-refractivity contribution is 0.354. The van der Waals surface area contributed by atoms with Crippen LogP contribution in [-0.4, -0.2) is 22.1 Å². The molecule has 96 valence electrons. The van der Waals surface area contributed by atoms with Crippen molar-refractivity contribution in [3.8, 4) is 11.8 Å². The summed E-state index contributed by atoms with van der Waals surface area (Å²) >= 11 is 0. The number of rotatable bonds is 3. The van der Waals surface area contributed by atoms with Gasteiger partial charge in [-0.1, -0.05) is 0 Å². The number of nitriles is 1. The van der Waals surface area contributed by atoms with Crippen LogP contribution in [0.5, 0.6) is 5.75 Å². The maximum absolute atomic E-state index is 13.6. The van der Waals surface area contributed by atoms with Gasteiger partial charge in [-0.2, -0.15) is 13.7 Å². The van der Waals surface area contributed by atoms with Crippen LogP contribution in [0, 0.1) is 17.1 Å². The Bertz CT molecular complexity index is 633. The summed E-state index contributed by atoms with van der Waals surface area (Å²) in [5, 5.41) is 8.84. The number of benzene rings is 1. The minimum absolute atomic E-state index is 0.152. The van der Waals surface area contributed by atoms with Gasteiger partial charge in [-0.05, 0) is 11.6 Å². The van der Waals surface area contributed by atoms with Gasteiger partial charge in [0.05, 0.1) is 13.7 Å². The van der Waals surface area contributed by atoms with Crippen molar-refractivity contribution in [3.63, 3.8) is 0 Å². The van der Waals surface area contributed by atoms with E-state index < -0.39 is 21.7 Å². The van der Waals surface area contributed by atoms with E-state index >= 15 is 0 Å². The average Bonchev–Trinajstić information content (AvgIpc) is 2.78.